The summed E-state index contributed by atoms with van der Waals surface area (Å²) >= 11 is 1.83. The Labute approximate surface area is 117 Å². The minimum atomic E-state index is 0.223. The molecule has 1 aliphatic rings. The molecular weight excluding hydrogens is 258 g/mol. The summed E-state index contributed by atoms with van der Waals surface area (Å²) in [5, 5.41) is 0.223. The number of nitrogens with zero attached hydrogens (tertiary/aromatic N) is 1. The molecule has 2 heterocycles. The van der Waals surface area contributed by atoms with Crippen molar-refractivity contribution in [3.05, 3.63) is 54.5 Å². The van der Waals surface area contributed by atoms with Gasteiger partial charge in [0.05, 0.1) is 19.5 Å². The van der Waals surface area contributed by atoms with Gasteiger partial charge in [-0.1, -0.05) is 30.0 Å². The lowest BCUT2D eigenvalue weighted by Crippen LogP contribution is -2.37. The molecule has 0 radical (unpaired) electrons. The SMILES string of the molecule is c1ccc(SC(c2ccco2)N2CCOCC2)cc1. The van der Waals surface area contributed by atoms with Crippen molar-refractivity contribution in [2.45, 2.75) is 10.3 Å². The average molecular weight is 275 g/mol. The summed E-state index contributed by atoms with van der Waals surface area (Å²) < 4.78 is 11.1. The largest absolute Gasteiger partial charge is 0.467 e. The number of benzene rings is 1. The molecule has 1 unspecified atom stereocenters. The molecule has 1 atom stereocenters. The second-order valence-corrected chi connectivity index (χ2v) is 5.60. The number of hydrogen-bond acceptors (Lipinski definition) is 4. The molecule has 0 saturated carbocycles. The number of thioether (sulfide) groups is 1. The van der Waals surface area contributed by atoms with Crippen LogP contribution in [0.3, 0.4) is 0 Å². The van der Waals surface area contributed by atoms with Gasteiger partial charge in [0.2, 0.25) is 0 Å². The van der Waals surface area contributed by atoms with Crippen LogP contribution in [0.25, 0.3) is 0 Å². The van der Waals surface area contributed by atoms with E-state index in [2.05, 4.69) is 35.2 Å². The topological polar surface area (TPSA) is 25.6 Å². The van der Waals surface area contributed by atoms with Crippen LogP contribution in [0.1, 0.15) is 11.1 Å². The van der Waals surface area contributed by atoms with Crippen molar-refractivity contribution < 1.29 is 9.15 Å². The van der Waals surface area contributed by atoms with Crippen LogP contribution < -0.4 is 0 Å². The number of hydrogen-bond donors (Lipinski definition) is 0. The molecule has 100 valence electrons. The van der Waals surface area contributed by atoms with Crippen LogP contribution in [0.2, 0.25) is 0 Å². The molecule has 1 aromatic heterocycles. The normalized spacial score (nSPS) is 18.3. The number of rotatable bonds is 4. The van der Waals surface area contributed by atoms with Gasteiger partial charge in [0.25, 0.3) is 0 Å². The molecule has 1 saturated heterocycles. The molecule has 2 aromatic rings. The maximum absolute atomic E-state index is 5.62. The summed E-state index contributed by atoms with van der Waals surface area (Å²) in [7, 11) is 0. The van der Waals surface area contributed by atoms with Gasteiger partial charge >= 0.3 is 0 Å². The van der Waals surface area contributed by atoms with E-state index < -0.39 is 0 Å². The van der Waals surface area contributed by atoms with Crippen LogP contribution in [-0.2, 0) is 4.74 Å². The molecule has 0 aliphatic carbocycles. The summed E-state index contributed by atoms with van der Waals surface area (Å²) in [5.41, 5.74) is 0. The third kappa shape index (κ3) is 3.21. The predicted molar refractivity (Wildman–Crippen MR) is 76.1 cm³/mol. The fourth-order valence-corrected chi connectivity index (χ4v) is 3.37. The van der Waals surface area contributed by atoms with Gasteiger partial charge in [-0.25, -0.2) is 0 Å². The lowest BCUT2D eigenvalue weighted by Gasteiger charge is -2.32. The minimum absolute atomic E-state index is 0.223. The van der Waals surface area contributed by atoms with Crippen molar-refractivity contribution in [1.29, 1.82) is 0 Å². The summed E-state index contributed by atoms with van der Waals surface area (Å²) in [4.78, 5) is 3.68. The molecule has 0 spiro atoms. The van der Waals surface area contributed by atoms with Crippen molar-refractivity contribution in [2.75, 3.05) is 26.3 Å². The van der Waals surface area contributed by atoms with E-state index in [4.69, 9.17) is 9.15 Å². The fourth-order valence-electron chi connectivity index (χ4n) is 2.18. The first-order valence-corrected chi connectivity index (χ1v) is 7.38. The summed E-state index contributed by atoms with van der Waals surface area (Å²) in [6.45, 7) is 3.50. The van der Waals surface area contributed by atoms with Gasteiger partial charge in [-0.15, -0.1) is 0 Å². The molecule has 0 bridgehead atoms. The Morgan fingerprint density at radius 3 is 2.47 bits per heavy atom. The standard InChI is InChI=1S/C15H17NO2S/c1-2-5-13(6-3-1)19-15(14-7-4-10-18-14)16-8-11-17-12-9-16/h1-7,10,15H,8-9,11-12H2. The van der Waals surface area contributed by atoms with Crippen LogP contribution in [0, 0.1) is 0 Å². The van der Waals surface area contributed by atoms with E-state index in [1.807, 2.05) is 23.9 Å². The highest BCUT2D eigenvalue weighted by atomic mass is 32.2. The Hall–Kier alpha value is -1.23. The van der Waals surface area contributed by atoms with Crippen molar-refractivity contribution in [1.82, 2.24) is 4.90 Å². The minimum Gasteiger partial charge on any atom is -0.467 e. The monoisotopic (exact) mass is 275 g/mol. The number of morpholine rings is 1. The van der Waals surface area contributed by atoms with Crippen molar-refractivity contribution in [2.24, 2.45) is 0 Å². The first-order valence-electron chi connectivity index (χ1n) is 6.50. The van der Waals surface area contributed by atoms with Gasteiger partial charge < -0.3 is 9.15 Å². The Kier molecular flexibility index (Phi) is 4.23. The van der Waals surface area contributed by atoms with E-state index in [0.29, 0.717) is 0 Å². The van der Waals surface area contributed by atoms with Gasteiger partial charge in [-0.2, -0.15) is 0 Å². The lowest BCUT2D eigenvalue weighted by atomic mass is 10.3. The Morgan fingerprint density at radius 1 is 1.00 bits per heavy atom. The van der Waals surface area contributed by atoms with Crippen LogP contribution in [0.15, 0.2) is 58.0 Å². The molecule has 3 rings (SSSR count). The number of furan rings is 1. The van der Waals surface area contributed by atoms with E-state index >= 15 is 0 Å². The van der Waals surface area contributed by atoms with Crippen LogP contribution in [0.5, 0.6) is 0 Å². The zero-order valence-corrected chi connectivity index (χ0v) is 11.5. The van der Waals surface area contributed by atoms with Gasteiger partial charge in [-0.05, 0) is 24.3 Å². The van der Waals surface area contributed by atoms with Crippen molar-refractivity contribution in [3.63, 3.8) is 0 Å². The third-order valence-electron chi connectivity index (χ3n) is 3.15. The van der Waals surface area contributed by atoms with Gasteiger partial charge in [-0.3, -0.25) is 4.90 Å². The van der Waals surface area contributed by atoms with Gasteiger partial charge in [0.15, 0.2) is 0 Å². The highest BCUT2D eigenvalue weighted by molar-refractivity contribution is 7.99. The molecule has 3 nitrogen and oxygen atoms in total. The summed E-state index contributed by atoms with van der Waals surface area (Å²) in [6.07, 6.45) is 1.74. The van der Waals surface area contributed by atoms with E-state index in [1.165, 1.54) is 4.90 Å². The second-order valence-electron chi connectivity index (χ2n) is 4.45. The molecule has 1 aliphatic heterocycles. The van der Waals surface area contributed by atoms with E-state index in [-0.39, 0.29) is 5.37 Å². The molecule has 1 aromatic carbocycles. The molecule has 0 amide bonds. The molecule has 4 heteroatoms. The first kappa shape index (κ1) is 12.8. The highest BCUT2D eigenvalue weighted by Gasteiger charge is 2.25. The Morgan fingerprint density at radius 2 is 1.79 bits per heavy atom. The average Bonchev–Trinajstić information content (AvgIpc) is 3.01. The number of ether oxygens (including phenoxy) is 1. The first-order chi connectivity index (χ1) is 9.43. The molecular formula is C15H17NO2S. The smallest absolute Gasteiger partial charge is 0.131 e. The lowest BCUT2D eigenvalue weighted by molar-refractivity contribution is 0.0294. The second kappa shape index (κ2) is 6.28. The maximum atomic E-state index is 5.62. The molecule has 0 N–H and O–H groups in total. The van der Waals surface area contributed by atoms with Crippen LogP contribution >= 0.6 is 11.8 Å². The Balaban J connectivity index is 1.80. The quantitative estimate of drug-likeness (QED) is 0.799. The van der Waals surface area contributed by atoms with Gasteiger partial charge in [0.1, 0.15) is 11.1 Å². The van der Waals surface area contributed by atoms with Gasteiger partial charge in [0, 0.05) is 18.0 Å². The Bertz CT molecular complexity index is 480. The fraction of sp³-hybridized carbons (Fsp3) is 0.333. The molecule has 19 heavy (non-hydrogen) atoms. The van der Waals surface area contributed by atoms with E-state index in [0.717, 1.165) is 32.1 Å². The summed E-state index contributed by atoms with van der Waals surface area (Å²) in [5.74, 6) is 1.01. The zero-order valence-electron chi connectivity index (χ0n) is 10.7. The van der Waals surface area contributed by atoms with Crippen molar-refractivity contribution >= 4 is 11.8 Å². The summed E-state index contributed by atoms with van der Waals surface area (Å²) in [6, 6.07) is 14.5. The maximum Gasteiger partial charge on any atom is 0.131 e. The van der Waals surface area contributed by atoms with Crippen LogP contribution in [-0.4, -0.2) is 31.2 Å². The predicted octanol–water partition coefficient (Wildman–Crippen LogP) is 3.40. The van der Waals surface area contributed by atoms with Crippen LogP contribution in [0.4, 0.5) is 0 Å². The highest BCUT2D eigenvalue weighted by Crippen LogP contribution is 2.38. The third-order valence-corrected chi connectivity index (χ3v) is 4.45. The van der Waals surface area contributed by atoms with E-state index in [9.17, 15) is 0 Å². The van der Waals surface area contributed by atoms with Crippen molar-refractivity contribution in [3.8, 4) is 0 Å². The molecule has 1 fully saturated rings. The van der Waals surface area contributed by atoms with E-state index in [1.54, 1.807) is 6.26 Å². The zero-order chi connectivity index (χ0) is 12.9.